The molecule has 0 fully saturated rings. The summed E-state index contributed by atoms with van der Waals surface area (Å²) in [5, 5.41) is 1.29. The van der Waals surface area contributed by atoms with E-state index in [1.54, 1.807) is 14.2 Å². The van der Waals surface area contributed by atoms with Gasteiger partial charge in [-0.15, -0.1) is 0 Å². The Balaban J connectivity index is 2.25. The van der Waals surface area contributed by atoms with Crippen LogP contribution < -0.4 is 15.2 Å². The molecule has 3 aromatic rings. The van der Waals surface area contributed by atoms with Gasteiger partial charge in [-0.25, -0.2) is 0 Å². The summed E-state index contributed by atoms with van der Waals surface area (Å²) in [4.78, 5) is 3.72. The van der Waals surface area contributed by atoms with Crippen LogP contribution in [0.4, 0.5) is 0 Å². The maximum absolute atomic E-state index is 5.73. The predicted molar refractivity (Wildman–Crippen MR) is 113 cm³/mol. The second-order valence-electron chi connectivity index (χ2n) is 7.22. The summed E-state index contributed by atoms with van der Waals surface area (Å²) in [7, 11) is 3.40. The van der Waals surface area contributed by atoms with Crippen molar-refractivity contribution in [1.82, 2.24) is 4.98 Å². The van der Waals surface area contributed by atoms with Gasteiger partial charge in [0.15, 0.2) is 0 Å². The minimum atomic E-state index is 0.448. The van der Waals surface area contributed by atoms with Gasteiger partial charge in [0.05, 0.1) is 19.9 Å². The monoisotopic (exact) mass is 366 g/mol. The lowest BCUT2D eigenvalue weighted by molar-refractivity contribution is 0.404. The largest absolute Gasteiger partial charge is 0.497 e. The number of nitrogens with one attached hydrogen (secondary N) is 1. The summed E-state index contributed by atoms with van der Waals surface area (Å²) < 4.78 is 11.1. The van der Waals surface area contributed by atoms with Crippen molar-refractivity contribution in [3.05, 3.63) is 47.5 Å². The van der Waals surface area contributed by atoms with Gasteiger partial charge in [-0.3, -0.25) is 0 Å². The maximum atomic E-state index is 5.73. The highest BCUT2D eigenvalue weighted by molar-refractivity contribution is 5.94. The quantitative estimate of drug-likeness (QED) is 0.535. The van der Waals surface area contributed by atoms with E-state index in [1.807, 2.05) is 18.2 Å². The number of aromatic amines is 1. The molecule has 0 aliphatic heterocycles. The highest BCUT2D eigenvalue weighted by atomic mass is 16.5. The number of hydrogen-bond acceptors (Lipinski definition) is 3. The van der Waals surface area contributed by atoms with Gasteiger partial charge < -0.3 is 20.2 Å². The number of unbranched alkanes of at least 4 members (excludes halogenated alkanes) is 1. The van der Waals surface area contributed by atoms with E-state index >= 15 is 0 Å². The molecule has 4 heteroatoms. The second kappa shape index (κ2) is 8.49. The van der Waals surface area contributed by atoms with Crippen LogP contribution in [0, 0.1) is 0 Å². The van der Waals surface area contributed by atoms with Crippen LogP contribution in [0.1, 0.15) is 43.7 Å². The Labute approximate surface area is 161 Å². The first-order valence-corrected chi connectivity index (χ1v) is 9.66. The molecule has 0 aliphatic carbocycles. The molecular weight excluding hydrogens is 336 g/mol. The van der Waals surface area contributed by atoms with Gasteiger partial charge >= 0.3 is 0 Å². The third kappa shape index (κ3) is 3.81. The highest BCUT2D eigenvalue weighted by Gasteiger charge is 2.19. The molecule has 1 aromatic heterocycles. The lowest BCUT2D eigenvalue weighted by Gasteiger charge is -2.11. The number of rotatable bonds is 8. The van der Waals surface area contributed by atoms with Crippen molar-refractivity contribution < 1.29 is 9.47 Å². The van der Waals surface area contributed by atoms with Crippen LogP contribution in [0.25, 0.3) is 22.2 Å². The SMILES string of the molecule is COc1ccc(OC)c(-c2[nH]c3c(C(C)C)cccc3c2CCCCN)c1. The van der Waals surface area contributed by atoms with E-state index in [1.165, 1.54) is 22.0 Å². The summed E-state index contributed by atoms with van der Waals surface area (Å²) in [5.74, 6) is 2.11. The standard InChI is InChI=1S/C23H30N2O2/c1-15(2)17-9-7-10-19-18(8-5-6-13-24)23(25-22(17)19)20-14-16(26-3)11-12-21(20)27-4/h7,9-12,14-15,25H,5-6,8,13,24H2,1-4H3. The van der Waals surface area contributed by atoms with Crippen LogP contribution in [-0.2, 0) is 6.42 Å². The predicted octanol–water partition coefficient (Wildman–Crippen LogP) is 5.26. The highest BCUT2D eigenvalue weighted by Crippen LogP contribution is 2.40. The topological polar surface area (TPSA) is 60.3 Å². The lowest BCUT2D eigenvalue weighted by Crippen LogP contribution is -1.99. The average Bonchev–Trinajstić information content (AvgIpc) is 3.06. The first-order valence-electron chi connectivity index (χ1n) is 9.66. The Hall–Kier alpha value is -2.46. The van der Waals surface area contributed by atoms with Gasteiger partial charge in [-0.05, 0) is 61.1 Å². The van der Waals surface area contributed by atoms with Gasteiger partial charge in [-0.2, -0.15) is 0 Å². The number of methoxy groups -OCH3 is 2. The van der Waals surface area contributed by atoms with Crippen LogP contribution in [0.15, 0.2) is 36.4 Å². The fourth-order valence-corrected chi connectivity index (χ4v) is 3.72. The number of fused-ring (bicyclic) bond motifs is 1. The van der Waals surface area contributed by atoms with Crippen LogP contribution in [0.3, 0.4) is 0 Å². The van der Waals surface area contributed by atoms with Crippen LogP contribution in [-0.4, -0.2) is 25.7 Å². The maximum Gasteiger partial charge on any atom is 0.128 e. The van der Waals surface area contributed by atoms with Crippen LogP contribution >= 0.6 is 0 Å². The summed E-state index contributed by atoms with van der Waals surface area (Å²) >= 11 is 0. The van der Waals surface area contributed by atoms with Crippen molar-refractivity contribution in [1.29, 1.82) is 0 Å². The molecule has 1 heterocycles. The average molecular weight is 367 g/mol. The molecular formula is C23H30N2O2. The first-order chi connectivity index (χ1) is 13.1. The Bertz CT molecular complexity index is 912. The molecule has 0 amide bonds. The van der Waals surface area contributed by atoms with Crippen LogP contribution in [0.2, 0.25) is 0 Å². The number of ether oxygens (including phenoxy) is 2. The molecule has 0 saturated carbocycles. The Morgan fingerprint density at radius 1 is 1.04 bits per heavy atom. The summed E-state index contributed by atoms with van der Waals surface area (Å²) in [6, 6.07) is 12.5. The van der Waals surface area contributed by atoms with E-state index < -0.39 is 0 Å². The zero-order valence-corrected chi connectivity index (χ0v) is 16.8. The number of para-hydroxylation sites is 1. The van der Waals surface area contributed by atoms with Gasteiger partial charge in [0.2, 0.25) is 0 Å². The van der Waals surface area contributed by atoms with Crippen molar-refractivity contribution >= 4 is 10.9 Å². The fraction of sp³-hybridized carbons (Fsp3) is 0.391. The summed E-state index contributed by atoms with van der Waals surface area (Å²) in [5.41, 5.74) is 11.8. The molecule has 0 aliphatic rings. The zero-order valence-electron chi connectivity index (χ0n) is 16.8. The molecule has 144 valence electrons. The molecule has 4 nitrogen and oxygen atoms in total. The second-order valence-corrected chi connectivity index (χ2v) is 7.22. The Morgan fingerprint density at radius 3 is 2.52 bits per heavy atom. The minimum Gasteiger partial charge on any atom is -0.497 e. The number of H-pyrrole nitrogens is 1. The number of aromatic nitrogens is 1. The molecule has 0 atom stereocenters. The fourth-order valence-electron chi connectivity index (χ4n) is 3.72. The van der Waals surface area contributed by atoms with Gasteiger partial charge in [0.25, 0.3) is 0 Å². The number of nitrogens with two attached hydrogens (primary N) is 1. The minimum absolute atomic E-state index is 0.448. The van der Waals surface area contributed by atoms with E-state index in [-0.39, 0.29) is 0 Å². The molecule has 0 radical (unpaired) electrons. The van der Waals surface area contributed by atoms with Crippen molar-refractivity contribution in [2.45, 2.75) is 39.0 Å². The molecule has 3 N–H and O–H groups in total. The number of aryl methyl sites for hydroxylation is 1. The zero-order chi connectivity index (χ0) is 19.4. The van der Waals surface area contributed by atoms with E-state index in [0.29, 0.717) is 5.92 Å². The molecule has 27 heavy (non-hydrogen) atoms. The summed E-state index contributed by atoms with van der Waals surface area (Å²) in [6.45, 7) is 5.18. The van der Waals surface area contributed by atoms with Crippen molar-refractivity contribution in [2.24, 2.45) is 5.73 Å². The van der Waals surface area contributed by atoms with Crippen molar-refractivity contribution in [2.75, 3.05) is 20.8 Å². The van der Waals surface area contributed by atoms with Gasteiger partial charge in [0, 0.05) is 16.5 Å². The third-order valence-corrected chi connectivity index (χ3v) is 5.15. The number of hydrogen-bond donors (Lipinski definition) is 2. The van der Waals surface area contributed by atoms with Crippen LogP contribution in [0.5, 0.6) is 11.5 Å². The molecule has 2 aromatic carbocycles. The molecule has 3 rings (SSSR count). The van der Waals surface area contributed by atoms with E-state index in [9.17, 15) is 0 Å². The third-order valence-electron chi connectivity index (χ3n) is 5.15. The van der Waals surface area contributed by atoms with Gasteiger partial charge in [-0.1, -0.05) is 32.0 Å². The van der Waals surface area contributed by atoms with E-state index in [2.05, 4.69) is 37.0 Å². The molecule has 0 spiro atoms. The molecule has 0 unspecified atom stereocenters. The lowest BCUT2D eigenvalue weighted by atomic mass is 9.96. The van der Waals surface area contributed by atoms with Gasteiger partial charge in [0.1, 0.15) is 11.5 Å². The van der Waals surface area contributed by atoms with Crippen molar-refractivity contribution in [3.63, 3.8) is 0 Å². The summed E-state index contributed by atoms with van der Waals surface area (Å²) in [6.07, 6.45) is 3.06. The normalized spacial score (nSPS) is 11.3. The first kappa shape index (κ1) is 19.3. The molecule has 0 saturated heterocycles. The molecule has 0 bridgehead atoms. The smallest absolute Gasteiger partial charge is 0.128 e. The Morgan fingerprint density at radius 2 is 1.85 bits per heavy atom. The van der Waals surface area contributed by atoms with E-state index in [4.69, 9.17) is 15.2 Å². The van der Waals surface area contributed by atoms with Crippen molar-refractivity contribution in [3.8, 4) is 22.8 Å². The van der Waals surface area contributed by atoms with E-state index in [0.717, 1.165) is 48.6 Å². The number of benzene rings is 2. The Kier molecular flexibility index (Phi) is 6.07.